The number of likely N-dealkylation sites (tertiary alicyclic amines) is 1. The zero-order valence-corrected chi connectivity index (χ0v) is 18.3. The van der Waals surface area contributed by atoms with Crippen LogP contribution in [-0.4, -0.2) is 48.6 Å². The maximum absolute atomic E-state index is 12.8. The van der Waals surface area contributed by atoms with E-state index in [4.69, 9.17) is 10.5 Å². The number of rotatable bonds is 6. The number of pyridine rings is 1. The van der Waals surface area contributed by atoms with Crippen molar-refractivity contribution in [2.45, 2.75) is 19.8 Å². The predicted octanol–water partition coefficient (Wildman–Crippen LogP) is 3.30. The number of aromatic nitrogens is 1. The van der Waals surface area contributed by atoms with Gasteiger partial charge in [0, 0.05) is 24.1 Å². The Morgan fingerprint density at radius 1 is 1.29 bits per heavy atom. The van der Waals surface area contributed by atoms with Crippen molar-refractivity contribution in [1.82, 2.24) is 15.2 Å². The van der Waals surface area contributed by atoms with Crippen molar-refractivity contribution in [3.63, 3.8) is 0 Å². The van der Waals surface area contributed by atoms with Gasteiger partial charge in [0.05, 0.1) is 29.7 Å². The first-order chi connectivity index (χ1) is 15.0. The van der Waals surface area contributed by atoms with Crippen LogP contribution in [0.25, 0.3) is 21.2 Å². The number of anilines is 2. The molecule has 1 aliphatic heterocycles. The fraction of sp³-hybridized carbons (Fsp3) is 0.318. The molecule has 1 saturated heterocycles. The van der Waals surface area contributed by atoms with E-state index in [2.05, 4.69) is 20.5 Å². The Morgan fingerprint density at radius 3 is 2.77 bits per heavy atom. The van der Waals surface area contributed by atoms with Gasteiger partial charge in [-0.2, -0.15) is 0 Å². The highest BCUT2D eigenvalue weighted by atomic mass is 32.1. The summed E-state index contributed by atoms with van der Waals surface area (Å²) in [6.45, 7) is 4.00. The number of nitrogens with two attached hydrogens (primary N) is 1. The van der Waals surface area contributed by atoms with Gasteiger partial charge in [-0.3, -0.25) is 14.5 Å². The number of carbonyl (C=O) groups excluding carboxylic acids is 2. The van der Waals surface area contributed by atoms with Crippen LogP contribution in [-0.2, 0) is 4.79 Å². The number of amides is 2. The van der Waals surface area contributed by atoms with Crippen molar-refractivity contribution >= 4 is 44.7 Å². The average molecular weight is 440 g/mol. The molecule has 8 nitrogen and oxygen atoms in total. The molecule has 0 saturated carbocycles. The number of fused-ring (bicyclic) bond motifs is 1. The van der Waals surface area contributed by atoms with E-state index in [1.165, 1.54) is 37.3 Å². The third-order valence-corrected chi connectivity index (χ3v) is 6.37. The van der Waals surface area contributed by atoms with Crippen molar-refractivity contribution in [1.29, 1.82) is 0 Å². The molecule has 1 aromatic carbocycles. The number of benzene rings is 1. The Bertz CT molecular complexity index is 1140. The molecule has 4 N–H and O–H groups in total. The van der Waals surface area contributed by atoms with E-state index in [1.54, 1.807) is 13.2 Å². The third-order valence-electron chi connectivity index (χ3n) is 5.35. The monoisotopic (exact) mass is 439 g/mol. The van der Waals surface area contributed by atoms with Gasteiger partial charge < -0.3 is 21.1 Å². The standard InChI is InChI=1S/C22H25N5O3S/c1-13(28)26-17-6-5-14(9-18(17)30-2)16-11-31-20-15(10-24-21(23)19(16)20)22(29)25-12-27-7-3-4-8-27/h5-6,9-11H,3-4,7-8,12H2,1-2H3,(H2,23,24)(H,25,29)(H,26,28). The van der Waals surface area contributed by atoms with Gasteiger partial charge in [-0.25, -0.2) is 4.98 Å². The molecule has 0 unspecified atom stereocenters. The first-order valence-corrected chi connectivity index (χ1v) is 11.0. The van der Waals surface area contributed by atoms with Gasteiger partial charge in [-0.1, -0.05) is 6.07 Å². The zero-order chi connectivity index (χ0) is 22.0. The highest BCUT2D eigenvalue weighted by Gasteiger charge is 2.20. The van der Waals surface area contributed by atoms with E-state index in [0.717, 1.165) is 34.3 Å². The van der Waals surface area contributed by atoms with Gasteiger partial charge in [0.1, 0.15) is 11.6 Å². The van der Waals surface area contributed by atoms with Crippen LogP contribution in [0.1, 0.15) is 30.1 Å². The molecule has 3 heterocycles. The summed E-state index contributed by atoms with van der Waals surface area (Å²) in [5.74, 6) is 0.576. The number of hydrogen-bond donors (Lipinski definition) is 3. The molecular formula is C22H25N5O3S. The Labute approximate surface area is 184 Å². The largest absolute Gasteiger partial charge is 0.495 e. The summed E-state index contributed by atoms with van der Waals surface area (Å²) >= 11 is 1.46. The summed E-state index contributed by atoms with van der Waals surface area (Å²) in [5.41, 5.74) is 9.05. The second kappa shape index (κ2) is 8.91. The fourth-order valence-electron chi connectivity index (χ4n) is 3.81. The van der Waals surface area contributed by atoms with Crippen molar-refractivity contribution < 1.29 is 14.3 Å². The molecule has 0 bridgehead atoms. The van der Waals surface area contributed by atoms with Gasteiger partial charge in [-0.15, -0.1) is 11.3 Å². The Balaban J connectivity index is 1.68. The highest BCUT2D eigenvalue weighted by Crippen LogP contribution is 2.40. The minimum Gasteiger partial charge on any atom is -0.495 e. The lowest BCUT2D eigenvalue weighted by Gasteiger charge is -2.15. The second-order valence-electron chi connectivity index (χ2n) is 7.50. The number of hydrogen-bond acceptors (Lipinski definition) is 7. The van der Waals surface area contributed by atoms with Gasteiger partial charge in [0.2, 0.25) is 5.91 Å². The van der Waals surface area contributed by atoms with Crippen LogP contribution in [0.5, 0.6) is 5.75 Å². The Hall–Kier alpha value is -3.17. The molecule has 4 rings (SSSR count). The number of nitrogens with zero attached hydrogens (tertiary/aromatic N) is 2. The Kier molecular flexibility index (Phi) is 6.06. The quantitative estimate of drug-likeness (QED) is 0.544. The van der Waals surface area contributed by atoms with E-state index >= 15 is 0 Å². The lowest BCUT2D eigenvalue weighted by atomic mass is 10.0. The molecule has 0 atom stereocenters. The normalized spacial score (nSPS) is 14.0. The predicted molar refractivity (Wildman–Crippen MR) is 123 cm³/mol. The van der Waals surface area contributed by atoms with Crippen LogP contribution >= 0.6 is 11.3 Å². The average Bonchev–Trinajstić information content (AvgIpc) is 3.43. The first-order valence-electron chi connectivity index (χ1n) is 10.1. The van der Waals surface area contributed by atoms with Gasteiger partial charge >= 0.3 is 0 Å². The summed E-state index contributed by atoms with van der Waals surface area (Å²) in [7, 11) is 1.55. The third kappa shape index (κ3) is 4.33. The van der Waals surface area contributed by atoms with Crippen LogP contribution in [0.4, 0.5) is 11.5 Å². The number of thiophene rings is 1. The van der Waals surface area contributed by atoms with E-state index in [1.807, 2.05) is 17.5 Å². The molecule has 2 aromatic heterocycles. The summed E-state index contributed by atoms with van der Waals surface area (Å²) < 4.78 is 6.24. The molecule has 1 fully saturated rings. The summed E-state index contributed by atoms with van der Waals surface area (Å²) in [6, 6.07) is 5.51. The maximum Gasteiger partial charge on any atom is 0.255 e. The van der Waals surface area contributed by atoms with Gasteiger partial charge in [0.25, 0.3) is 5.91 Å². The molecule has 0 radical (unpaired) electrons. The maximum atomic E-state index is 12.8. The van der Waals surface area contributed by atoms with Crippen LogP contribution in [0, 0.1) is 0 Å². The SMILES string of the molecule is COc1cc(-c2csc3c(C(=O)NCN4CCCC4)cnc(N)c23)ccc1NC(C)=O. The molecule has 31 heavy (non-hydrogen) atoms. The zero-order valence-electron chi connectivity index (χ0n) is 17.5. The number of carbonyl (C=O) groups is 2. The lowest BCUT2D eigenvalue weighted by Crippen LogP contribution is -2.35. The summed E-state index contributed by atoms with van der Waals surface area (Å²) in [5, 5.41) is 8.46. The highest BCUT2D eigenvalue weighted by molar-refractivity contribution is 7.18. The minimum atomic E-state index is -0.176. The smallest absolute Gasteiger partial charge is 0.255 e. The van der Waals surface area contributed by atoms with Crippen molar-refractivity contribution in [3.05, 3.63) is 35.3 Å². The molecule has 0 aliphatic carbocycles. The van der Waals surface area contributed by atoms with Crippen LogP contribution in [0.3, 0.4) is 0 Å². The molecule has 3 aromatic rings. The molecule has 0 spiro atoms. The van der Waals surface area contributed by atoms with Gasteiger partial charge in [-0.05, 0) is 49.0 Å². The van der Waals surface area contributed by atoms with E-state index in [9.17, 15) is 9.59 Å². The molecule has 162 valence electrons. The number of nitrogen functional groups attached to an aromatic ring is 1. The molecule has 2 amide bonds. The lowest BCUT2D eigenvalue weighted by molar-refractivity contribution is -0.114. The fourth-order valence-corrected chi connectivity index (χ4v) is 4.91. The van der Waals surface area contributed by atoms with Crippen molar-refractivity contribution in [2.24, 2.45) is 0 Å². The van der Waals surface area contributed by atoms with E-state index in [0.29, 0.717) is 29.5 Å². The second-order valence-corrected chi connectivity index (χ2v) is 8.38. The summed E-state index contributed by atoms with van der Waals surface area (Å²) in [4.78, 5) is 30.8. The number of ether oxygens (including phenoxy) is 1. The summed E-state index contributed by atoms with van der Waals surface area (Å²) in [6.07, 6.45) is 3.88. The van der Waals surface area contributed by atoms with E-state index in [-0.39, 0.29) is 11.8 Å². The first kappa shape index (κ1) is 21.1. The van der Waals surface area contributed by atoms with Crippen LogP contribution in [0.15, 0.2) is 29.8 Å². The Morgan fingerprint density at radius 2 is 2.06 bits per heavy atom. The molecule has 9 heteroatoms. The molecular weight excluding hydrogens is 414 g/mol. The van der Waals surface area contributed by atoms with Crippen LogP contribution < -0.4 is 21.1 Å². The van der Waals surface area contributed by atoms with E-state index < -0.39 is 0 Å². The van der Waals surface area contributed by atoms with Crippen LogP contribution in [0.2, 0.25) is 0 Å². The van der Waals surface area contributed by atoms with Crippen molar-refractivity contribution in [2.75, 3.05) is 37.9 Å². The number of methoxy groups -OCH3 is 1. The van der Waals surface area contributed by atoms with Gasteiger partial charge in [0.15, 0.2) is 0 Å². The molecule has 1 aliphatic rings. The van der Waals surface area contributed by atoms with Crippen molar-refractivity contribution in [3.8, 4) is 16.9 Å². The topological polar surface area (TPSA) is 110 Å². The number of nitrogens with one attached hydrogen (secondary N) is 2. The minimum absolute atomic E-state index is 0.156.